The predicted octanol–water partition coefficient (Wildman–Crippen LogP) is 0.865. The molecule has 0 aliphatic heterocycles. The van der Waals surface area contributed by atoms with Crippen molar-refractivity contribution in [2.45, 2.75) is 32.6 Å². The number of nitrogens with one attached hydrogen (secondary N) is 1. The number of aromatic nitrogens is 3. The Labute approximate surface area is 105 Å². The standard InChI is InChI=1S/C11H18N4O3/c1-7(2)9-12-10(14-13-9)11(18)15(3)6-4-5-8(16)17/h7H,4-6H2,1-3H3,(H,16,17)(H,12,13,14). The third-order valence-corrected chi connectivity index (χ3v) is 2.47. The van der Waals surface area contributed by atoms with E-state index in [-0.39, 0.29) is 24.1 Å². The molecule has 0 atom stereocenters. The molecule has 1 heterocycles. The number of rotatable bonds is 6. The van der Waals surface area contributed by atoms with Crippen LogP contribution in [0.2, 0.25) is 0 Å². The van der Waals surface area contributed by atoms with Crippen LogP contribution in [0.4, 0.5) is 0 Å². The van der Waals surface area contributed by atoms with Crippen molar-refractivity contribution in [1.29, 1.82) is 0 Å². The zero-order chi connectivity index (χ0) is 13.7. The highest BCUT2D eigenvalue weighted by Gasteiger charge is 2.17. The second-order valence-electron chi connectivity index (χ2n) is 4.42. The van der Waals surface area contributed by atoms with Crippen LogP contribution >= 0.6 is 0 Å². The summed E-state index contributed by atoms with van der Waals surface area (Å²) in [6.07, 6.45) is 0.460. The van der Waals surface area contributed by atoms with Gasteiger partial charge in [0.05, 0.1) is 0 Å². The van der Waals surface area contributed by atoms with Crippen molar-refractivity contribution < 1.29 is 14.7 Å². The van der Waals surface area contributed by atoms with Crippen molar-refractivity contribution >= 4 is 11.9 Å². The predicted molar refractivity (Wildman–Crippen MR) is 64.3 cm³/mol. The quantitative estimate of drug-likeness (QED) is 0.784. The van der Waals surface area contributed by atoms with Crippen molar-refractivity contribution in [3.8, 4) is 0 Å². The Balaban J connectivity index is 2.54. The van der Waals surface area contributed by atoms with Gasteiger partial charge in [-0.15, -0.1) is 5.10 Å². The van der Waals surface area contributed by atoms with Crippen LogP contribution in [-0.4, -0.2) is 50.7 Å². The van der Waals surface area contributed by atoms with E-state index in [2.05, 4.69) is 15.2 Å². The number of aliphatic carboxylic acids is 1. The smallest absolute Gasteiger partial charge is 0.303 e. The molecule has 1 aromatic heterocycles. The van der Waals surface area contributed by atoms with E-state index in [9.17, 15) is 9.59 Å². The molecular formula is C11H18N4O3. The Morgan fingerprint density at radius 1 is 1.44 bits per heavy atom. The lowest BCUT2D eigenvalue weighted by Crippen LogP contribution is -2.29. The molecule has 18 heavy (non-hydrogen) atoms. The van der Waals surface area contributed by atoms with E-state index >= 15 is 0 Å². The van der Waals surface area contributed by atoms with Crippen molar-refractivity contribution in [1.82, 2.24) is 20.1 Å². The summed E-state index contributed by atoms with van der Waals surface area (Å²) < 4.78 is 0. The summed E-state index contributed by atoms with van der Waals surface area (Å²) in [5, 5.41) is 15.1. The second-order valence-corrected chi connectivity index (χ2v) is 4.42. The van der Waals surface area contributed by atoms with Crippen LogP contribution < -0.4 is 0 Å². The minimum atomic E-state index is -0.865. The van der Waals surface area contributed by atoms with Gasteiger partial charge in [-0.25, -0.2) is 4.98 Å². The molecule has 0 saturated heterocycles. The number of aromatic amines is 1. The molecule has 0 aromatic carbocycles. The third kappa shape index (κ3) is 3.83. The maximum atomic E-state index is 11.9. The van der Waals surface area contributed by atoms with Gasteiger partial charge in [0, 0.05) is 25.9 Å². The normalized spacial score (nSPS) is 10.7. The molecule has 0 radical (unpaired) electrons. The Kier molecular flexibility index (Phi) is 4.82. The van der Waals surface area contributed by atoms with Crippen molar-refractivity contribution in [2.75, 3.05) is 13.6 Å². The van der Waals surface area contributed by atoms with Gasteiger partial charge >= 0.3 is 5.97 Å². The number of carbonyl (C=O) groups is 2. The van der Waals surface area contributed by atoms with E-state index in [1.54, 1.807) is 7.05 Å². The van der Waals surface area contributed by atoms with E-state index in [1.165, 1.54) is 4.90 Å². The van der Waals surface area contributed by atoms with E-state index in [1.807, 2.05) is 13.8 Å². The first-order chi connectivity index (χ1) is 8.41. The highest BCUT2D eigenvalue weighted by Crippen LogP contribution is 2.08. The van der Waals surface area contributed by atoms with Gasteiger partial charge in [-0.05, 0) is 6.42 Å². The van der Waals surface area contributed by atoms with Gasteiger partial charge in [0.15, 0.2) is 0 Å². The molecule has 7 nitrogen and oxygen atoms in total. The van der Waals surface area contributed by atoms with E-state index in [4.69, 9.17) is 5.11 Å². The third-order valence-electron chi connectivity index (χ3n) is 2.47. The molecule has 0 aliphatic rings. The fraction of sp³-hybridized carbons (Fsp3) is 0.636. The molecule has 0 aliphatic carbocycles. The lowest BCUT2D eigenvalue weighted by Gasteiger charge is -2.14. The largest absolute Gasteiger partial charge is 0.481 e. The number of hydrogen-bond acceptors (Lipinski definition) is 4. The molecule has 0 unspecified atom stereocenters. The van der Waals surface area contributed by atoms with E-state index in [0.29, 0.717) is 18.8 Å². The highest BCUT2D eigenvalue weighted by molar-refractivity contribution is 5.90. The van der Waals surface area contributed by atoms with Crippen molar-refractivity contribution in [3.05, 3.63) is 11.6 Å². The Bertz CT molecular complexity index is 428. The lowest BCUT2D eigenvalue weighted by atomic mass is 10.2. The summed E-state index contributed by atoms with van der Waals surface area (Å²) in [4.78, 5) is 27.8. The number of amides is 1. The Morgan fingerprint density at radius 2 is 2.11 bits per heavy atom. The fourth-order valence-corrected chi connectivity index (χ4v) is 1.37. The van der Waals surface area contributed by atoms with Gasteiger partial charge in [0.1, 0.15) is 5.82 Å². The van der Waals surface area contributed by atoms with Gasteiger partial charge in [-0.3, -0.25) is 14.7 Å². The van der Waals surface area contributed by atoms with Gasteiger partial charge < -0.3 is 10.0 Å². The summed E-state index contributed by atoms with van der Waals surface area (Å²) in [7, 11) is 1.61. The minimum Gasteiger partial charge on any atom is -0.481 e. The average molecular weight is 254 g/mol. The van der Waals surface area contributed by atoms with E-state index < -0.39 is 5.97 Å². The van der Waals surface area contributed by atoms with Gasteiger partial charge in [0.25, 0.3) is 5.91 Å². The first-order valence-corrected chi connectivity index (χ1v) is 5.81. The number of hydrogen-bond donors (Lipinski definition) is 2. The number of nitrogens with zero attached hydrogens (tertiary/aromatic N) is 3. The Morgan fingerprint density at radius 3 is 2.61 bits per heavy atom. The molecule has 0 spiro atoms. The van der Waals surface area contributed by atoms with Gasteiger partial charge in [0.2, 0.25) is 5.82 Å². The number of carboxylic acids is 1. The SMILES string of the molecule is CC(C)c1nc(C(=O)N(C)CCCC(=O)O)n[nH]1. The summed E-state index contributed by atoms with van der Waals surface area (Å²) in [6, 6.07) is 0. The topological polar surface area (TPSA) is 99.2 Å². The molecule has 1 rings (SSSR count). The average Bonchev–Trinajstić information content (AvgIpc) is 2.76. The van der Waals surface area contributed by atoms with Crippen LogP contribution in [-0.2, 0) is 4.79 Å². The first kappa shape index (κ1) is 14.1. The molecule has 0 bridgehead atoms. The molecule has 2 N–H and O–H groups in total. The molecule has 0 saturated carbocycles. The van der Waals surface area contributed by atoms with Crippen molar-refractivity contribution in [3.63, 3.8) is 0 Å². The number of carbonyl (C=O) groups excluding carboxylic acids is 1. The van der Waals surface area contributed by atoms with E-state index in [0.717, 1.165) is 0 Å². The molecule has 1 aromatic rings. The fourth-order valence-electron chi connectivity index (χ4n) is 1.37. The minimum absolute atomic E-state index is 0.0445. The summed E-state index contributed by atoms with van der Waals surface area (Å²) in [5.74, 6) is -0.204. The first-order valence-electron chi connectivity index (χ1n) is 5.81. The summed E-state index contributed by atoms with van der Waals surface area (Å²) >= 11 is 0. The number of carboxylic acid groups (broad SMARTS) is 1. The summed E-state index contributed by atoms with van der Waals surface area (Å²) in [6.45, 7) is 4.27. The van der Waals surface area contributed by atoms with Crippen LogP contribution in [0.3, 0.4) is 0 Å². The maximum Gasteiger partial charge on any atom is 0.303 e. The lowest BCUT2D eigenvalue weighted by molar-refractivity contribution is -0.137. The second kappa shape index (κ2) is 6.13. The van der Waals surface area contributed by atoms with Gasteiger partial charge in [-0.1, -0.05) is 13.8 Å². The zero-order valence-corrected chi connectivity index (χ0v) is 10.8. The molecular weight excluding hydrogens is 236 g/mol. The van der Waals surface area contributed by atoms with Gasteiger partial charge in [-0.2, -0.15) is 0 Å². The Hall–Kier alpha value is -1.92. The monoisotopic (exact) mass is 254 g/mol. The van der Waals surface area contributed by atoms with Crippen LogP contribution in [0.15, 0.2) is 0 Å². The molecule has 0 fully saturated rings. The molecule has 7 heteroatoms. The zero-order valence-electron chi connectivity index (χ0n) is 10.8. The van der Waals surface area contributed by atoms with Crippen LogP contribution in [0.5, 0.6) is 0 Å². The molecule has 1 amide bonds. The number of H-pyrrole nitrogens is 1. The van der Waals surface area contributed by atoms with Crippen LogP contribution in [0.1, 0.15) is 49.1 Å². The van der Waals surface area contributed by atoms with Crippen LogP contribution in [0, 0.1) is 0 Å². The van der Waals surface area contributed by atoms with Crippen molar-refractivity contribution in [2.24, 2.45) is 0 Å². The highest BCUT2D eigenvalue weighted by atomic mass is 16.4. The summed E-state index contributed by atoms with van der Waals surface area (Å²) in [5.41, 5.74) is 0. The maximum absolute atomic E-state index is 11.9. The molecule has 100 valence electrons. The van der Waals surface area contributed by atoms with Crippen LogP contribution in [0.25, 0.3) is 0 Å².